The number of hydrogen-bond donors (Lipinski definition) is 5. The Morgan fingerprint density at radius 1 is 0.884 bits per heavy atom. The summed E-state index contributed by atoms with van der Waals surface area (Å²) >= 11 is 0. The molecule has 2 saturated heterocycles. The predicted molar refractivity (Wildman–Crippen MR) is 161 cm³/mol. The van der Waals surface area contributed by atoms with E-state index in [1.807, 2.05) is 0 Å². The van der Waals surface area contributed by atoms with Crippen LogP contribution in [0.3, 0.4) is 0 Å². The average Bonchev–Trinajstić information content (AvgIpc) is 3.22. The second kappa shape index (κ2) is 13.0. The van der Waals surface area contributed by atoms with E-state index in [1.165, 1.54) is 36.4 Å². The number of carbonyl (C=O) groups is 3. The minimum atomic E-state index is -0.735. The summed E-state index contributed by atoms with van der Waals surface area (Å²) in [5, 5.41) is 23.2. The fraction of sp³-hybridized carbons (Fsp3) is 0.394. The van der Waals surface area contributed by atoms with Crippen molar-refractivity contribution in [1.82, 2.24) is 26.3 Å². The number of phenolic OH excluding ortho intramolecular Hbond substituents is 1. The zero-order chi connectivity index (χ0) is 30.6. The monoisotopic (exact) mass is 587 g/mol. The highest BCUT2D eigenvalue weighted by molar-refractivity contribution is 6.11. The lowest BCUT2D eigenvalue weighted by Crippen LogP contribution is -2.54. The highest BCUT2D eigenvalue weighted by atomic mass is 19.1. The number of carbonyl (C=O) groups excluding carboxylic acids is 3. The van der Waals surface area contributed by atoms with E-state index in [-0.39, 0.29) is 46.5 Å². The molecule has 0 spiro atoms. The molecule has 0 bridgehead atoms. The maximum Gasteiger partial charge on any atom is 0.251 e. The summed E-state index contributed by atoms with van der Waals surface area (Å²) in [6.45, 7) is 6.13. The van der Waals surface area contributed by atoms with Gasteiger partial charge in [0.15, 0.2) is 5.78 Å². The van der Waals surface area contributed by atoms with Crippen LogP contribution in [0.1, 0.15) is 87.8 Å². The van der Waals surface area contributed by atoms with Crippen molar-refractivity contribution in [3.8, 4) is 5.75 Å². The van der Waals surface area contributed by atoms with Crippen LogP contribution < -0.4 is 21.3 Å². The highest BCUT2D eigenvalue weighted by Crippen LogP contribution is 2.42. The van der Waals surface area contributed by atoms with E-state index >= 15 is 4.39 Å². The topological polar surface area (TPSA) is 132 Å². The van der Waals surface area contributed by atoms with Gasteiger partial charge in [-0.1, -0.05) is 32.0 Å². The molecular formula is C33H38FN5O4. The average molecular weight is 588 g/mol. The van der Waals surface area contributed by atoms with Gasteiger partial charge in [-0.3, -0.25) is 19.4 Å². The number of aromatic hydroxyl groups is 1. The third-order valence-electron chi connectivity index (χ3n) is 8.52. The lowest BCUT2D eigenvalue weighted by atomic mass is 9.74. The minimum Gasteiger partial charge on any atom is -0.507 e. The van der Waals surface area contributed by atoms with Gasteiger partial charge in [0.1, 0.15) is 17.1 Å². The number of piperidine rings is 1. The molecule has 2 amide bonds. The van der Waals surface area contributed by atoms with Gasteiger partial charge in [-0.15, -0.1) is 0 Å². The van der Waals surface area contributed by atoms with Crippen molar-refractivity contribution in [1.29, 1.82) is 0 Å². The molecule has 1 aromatic heterocycles. The summed E-state index contributed by atoms with van der Waals surface area (Å²) in [5.41, 5.74) is 0.706. The minimum absolute atomic E-state index is 0.153. The Bertz CT molecular complexity index is 1480. The van der Waals surface area contributed by atoms with E-state index in [0.717, 1.165) is 32.4 Å². The van der Waals surface area contributed by atoms with Crippen LogP contribution in [0.5, 0.6) is 5.75 Å². The molecule has 2 unspecified atom stereocenters. The summed E-state index contributed by atoms with van der Waals surface area (Å²) in [5.74, 6) is -2.42. The van der Waals surface area contributed by atoms with Crippen molar-refractivity contribution in [3.63, 3.8) is 0 Å². The molecule has 5 N–H and O–H groups in total. The van der Waals surface area contributed by atoms with E-state index in [0.29, 0.717) is 29.7 Å². The molecule has 43 heavy (non-hydrogen) atoms. The Hall–Kier alpha value is -4.15. The van der Waals surface area contributed by atoms with Gasteiger partial charge in [0, 0.05) is 47.2 Å². The number of phenols is 1. The number of rotatable bonds is 7. The van der Waals surface area contributed by atoms with E-state index < -0.39 is 17.3 Å². The van der Waals surface area contributed by atoms with Crippen LogP contribution in [-0.4, -0.2) is 59.4 Å². The standard InChI is InChI=1S/C33H38FN5O4/c1-33(2)14-4-16-37-30(33)23-10-11-26(40)27(28(23)34)29(41)20-6-8-21(9-7-20)31(42)38-24-5-3-15-36-19-25(24)39-32(43)22-12-17-35-18-13-22/h6-13,17-18,24-25,30,36-37,40H,3-5,14-16,19H2,1-2H3,(H,38,42)(H,39,43)/t24?,25?,30-/m0/s1. The van der Waals surface area contributed by atoms with Gasteiger partial charge in [-0.2, -0.15) is 0 Å². The van der Waals surface area contributed by atoms with Crippen molar-refractivity contribution in [2.24, 2.45) is 5.41 Å². The highest BCUT2D eigenvalue weighted by Gasteiger charge is 2.36. The molecule has 5 rings (SSSR count). The van der Waals surface area contributed by atoms with Crippen LogP contribution in [0.25, 0.3) is 0 Å². The van der Waals surface area contributed by atoms with E-state index in [9.17, 15) is 19.5 Å². The number of aromatic nitrogens is 1. The normalized spacial score (nSPS) is 21.8. The van der Waals surface area contributed by atoms with Gasteiger partial charge in [0.25, 0.3) is 11.8 Å². The molecule has 0 aliphatic carbocycles. The quantitative estimate of drug-likeness (QED) is 0.265. The van der Waals surface area contributed by atoms with Crippen molar-refractivity contribution in [2.75, 3.05) is 19.6 Å². The van der Waals surface area contributed by atoms with Gasteiger partial charge in [0.05, 0.1) is 12.1 Å². The summed E-state index contributed by atoms with van der Waals surface area (Å²) in [4.78, 5) is 43.4. The summed E-state index contributed by atoms with van der Waals surface area (Å²) in [7, 11) is 0. The number of amides is 2. The smallest absolute Gasteiger partial charge is 0.251 e. The van der Waals surface area contributed by atoms with Gasteiger partial charge in [0.2, 0.25) is 0 Å². The van der Waals surface area contributed by atoms with Gasteiger partial charge < -0.3 is 26.4 Å². The molecule has 0 saturated carbocycles. The van der Waals surface area contributed by atoms with E-state index in [2.05, 4.69) is 40.1 Å². The molecule has 226 valence electrons. The zero-order valence-corrected chi connectivity index (χ0v) is 24.5. The molecule has 9 nitrogen and oxygen atoms in total. The number of ketones is 1. The Balaban J connectivity index is 1.30. The van der Waals surface area contributed by atoms with Crippen LogP contribution in [0.15, 0.2) is 60.9 Å². The van der Waals surface area contributed by atoms with Crippen LogP contribution in [0.2, 0.25) is 0 Å². The zero-order valence-electron chi connectivity index (χ0n) is 24.5. The Kier molecular flexibility index (Phi) is 9.17. The molecule has 10 heteroatoms. The largest absolute Gasteiger partial charge is 0.507 e. The second-order valence-electron chi connectivity index (χ2n) is 12.0. The maximum atomic E-state index is 15.8. The summed E-state index contributed by atoms with van der Waals surface area (Å²) in [6, 6.07) is 11.1. The number of hydrogen-bond acceptors (Lipinski definition) is 7. The Morgan fingerprint density at radius 3 is 2.23 bits per heavy atom. The second-order valence-corrected chi connectivity index (χ2v) is 12.0. The molecule has 3 heterocycles. The maximum absolute atomic E-state index is 15.8. The lowest BCUT2D eigenvalue weighted by molar-refractivity contribution is 0.0882. The summed E-state index contributed by atoms with van der Waals surface area (Å²) < 4.78 is 15.8. The third-order valence-corrected chi connectivity index (χ3v) is 8.52. The summed E-state index contributed by atoms with van der Waals surface area (Å²) in [6.07, 6.45) is 6.48. The molecule has 2 aliphatic rings. The fourth-order valence-electron chi connectivity index (χ4n) is 6.06. The molecule has 2 fully saturated rings. The number of halogens is 1. The number of nitrogens with one attached hydrogen (secondary N) is 4. The molecule has 2 aliphatic heterocycles. The van der Waals surface area contributed by atoms with Crippen molar-refractivity contribution < 1.29 is 23.9 Å². The first-order valence-corrected chi connectivity index (χ1v) is 14.8. The van der Waals surface area contributed by atoms with E-state index in [1.54, 1.807) is 24.5 Å². The van der Waals surface area contributed by atoms with Crippen LogP contribution in [0, 0.1) is 11.2 Å². The Labute approximate surface area is 250 Å². The van der Waals surface area contributed by atoms with Crippen molar-refractivity contribution in [2.45, 2.75) is 57.7 Å². The van der Waals surface area contributed by atoms with Crippen LogP contribution in [-0.2, 0) is 0 Å². The van der Waals surface area contributed by atoms with Crippen molar-refractivity contribution in [3.05, 3.63) is 94.6 Å². The van der Waals surface area contributed by atoms with Crippen molar-refractivity contribution >= 4 is 17.6 Å². The molecular weight excluding hydrogens is 549 g/mol. The SMILES string of the molecule is CC1(C)CCCN[C@H]1c1ccc(O)c(C(=O)c2ccc(C(=O)NC3CCCNCC3NC(=O)c3ccncc3)cc2)c1F. The van der Waals surface area contributed by atoms with Crippen LogP contribution >= 0.6 is 0 Å². The molecule has 3 aromatic rings. The fourth-order valence-corrected chi connectivity index (χ4v) is 6.06. The molecule has 3 atom stereocenters. The van der Waals surface area contributed by atoms with Gasteiger partial charge >= 0.3 is 0 Å². The van der Waals surface area contributed by atoms with Gasteiger partial charge in [-0.05, 0) is 74.5 Å². The molecule has 2 aromatic carbocycles. The molecule has 0 radical (unpaired) electrons. The van der Waals surface area contributed by atoms with Crippen LogP contribution in [0.4, 0.5) is 4.39 Å². The number of benzene rings is 2. The first-order chi connectivity index (χ1) is 20.7. The first kappa shape index (κ1) is 30.3. The van der Waals surface area contributed by atoms with Gasteiger partial charge in [-0.25, -0.2) is 4.39 Å². The lowest BCUT2D eigenvalue weighted by Gasteiger charge is -2.40. The Morgan fingerprint density at radius 2 is 1.53 bits per heavy atom. The first-order valence-electron chi connectivity index (χ1n) is 14.8. The number of pyridine rings is 1. The third kappa shape index (κ3) is 6.76. The predicted octanol–water partition coefficient (Wildman–Crippen LogP) is 3.89. The van der Waals surface area contributed by atoms with E-state index in [4.69, 9.17) is 0 Å². The number of nitrogens with zero attached hydrogens (tertiary/aromatic N) is 1.